The molecule has 2 aromatic rings. The highest BCUT2D eigenvalue weighted by Gasteiger charge is 2.17. The first-order valence-corrected chi connectivity index (χ1v) is 9.60. The van der Waals surface area contributed by atoms with Crippen molar-refractivity contribution in [2.75, 3.05) is 10.0 Å². The molecule has 0 aliphatic carbocycles. The van der Waals surface area contributed by atoms with E-state index in [2.05, 4.69) is 10.0 Å². The topological polar surface area (TPSA) is 99.1 Å². The maximum absolute atomic E-state index is 12.6. The van der Waals surface area contributed by atoms with Gasteiger partial charge >= 0.3 is 0 Å². The first-order valence-electron chi connectivity index (χ1n) is 7.30. The van der Waals surface area contributed by atoms with E-state index in [0.29, 0.717) is 11.4 Å². The van der Waals surface area contributed by atoms with Crippen LogP contribution in [0.15, 0.2) is 46.2 Å². The Balaban J connectivity index is 2.30. The highest BCUT2D eigenvalue weighted by atomic mass is 32.2. The first kappa shape index (κ1) is 18.8. The summed E-state index contributed by atoms with van der Waals surface area (Å²) in [5.41, 5.74) is 2.48. The van der Waals surface area contributed by atoms with Gasteiger partial charge in [0.2, 0.25) is 5.91 Å². The SMILES string of the molecule is CC(=O)Nc1ccc(S(=O)(=O)Nc2c(C)cc(SC#N)cc2C)cc1. The number of thiocyanates is 1. The predicted molar refractivity (Wildman–Crippen MR) is 98.9 cm³/mol. The van der Waals surface area contributed by atoms with Crippen LogP contribution in [0.25, 0.3) is 0 Å². The van der Waals surface area contributed by atoms with Crippen LogP contribution in [0.5, 0.6) is 0 Å². The second kappa shape index (κ2) is 7.59. The Bertz CT molecular complexity index is 923. The van der Waals surface area contributed by atoms with Gasteiger partial charge in [0.25, 0.3) is 10.0 Å². The van der Waals surface area contributed by atoms with Gasteiger partial charge in [0, 0.05) is 17.5 Å². The van der Waals surface area contributed by atoms with E-state index in [1.165, 1.54) is 31.2 Å². The Labute approximate surface area is 151 Å². The fourth-order valence-electron chi connectivity index (χ4n) is 2.31. The van der Waals surface area contributed by atoms with Gasteiger partial charge in [-0.15, -0.1) is 0 Å². The van der Waals surface area contributed by atoms with Crippen LogP contribution < -0.4 is 10.0 Å². The molecular formula is C17H17N3O3S2. The van der Waals surface area contributed by atoms with E-state index in [1.54, 1.807) is 26.0 Å². The molecule has 2 N–H and O–H groups in total. The number of sulfonamides is 1. The number of hydrogen-bond donors (Lipinski definition) is 2. The van der Waals surface area contributed by atoms with Gasteiger partial charge < -0.3 is 5.32 Å². The van der Waals surface area contributed by atoms with Crippen molar-refractivity contribution in [3.8, 4) is 5.40 Å². The molecule has 0 saturated heterocycles. The number of nitrogens with one attached hydrogen (secondary N) is 2. The zero-order chi connectivity index (χ0) is 18.6. The predicted octanol–water partition coefficient (Wildman–Crippen LogP) is 3.64. The third-order valence-corrected chi connectivity index (χ3v) is 5.32. The molecule has 6 nitrogen and oxygen atoms in total. The number of nitriles is 1. The van der Waals surface area contributed by atoms with Crippen molar-refractivity contribution in [2.45, 2.75) is 30.6 Å². The van der Waals surface area contributed by atoms with Crippen LogP contribution in [-0.4, -0.2) is 14.3 Å². The molecule has 0 aliphatic rings. The summed E-state index contributed by atoms with van der Waals surface area (Å²) in [4.78, 5) is 11.9. The van der Waals surface area contributed by atoms with Crippen molar-refractivity contribution in [2.24, 2.45) is 0 Å². The molecule has 25 heavy (non-hydrogen) atoms. The molecule has 0 spiro atoms. The van der Waals surface area contributed by atoms with Crippen molar-refractivity contribution in [3.05, 3.63) is 47.5 Å². The van der Waals surface area contributed by atoms with Crippen molar-refractivity contribution < 1.29 is 13.2 Å². The first-order chi connectivity index (χ1) is 11.7. The van der Waals surface area contributed by atoms with Crippen LogP contribution in [0.2, 0.25) is 0 Å². The monoisotopic (exact) mass is 375 g/mol. The molecule has 0 heterocycles. The summed E-state index contributed by atoms with van der Waals surface area (Å²) >= 11 is 1.03. The minimum Gasteiger partial charge on any atom is -0.326 e. The number of amides is 1. The van der Waals surface area contributed by atoms with Gasteiger partial charge in [-0.05, 0) is 73.1 Å². The Morgan fingerprint density at radius 1 is 1.12 bits per heavy atom. The van der Waals surface area contributed by atoms with E-state index < -0.39 is 10.0 Å². The maximum Gasteiger partial charge on any atom is 0.261 e. The van der Waals surface area contributed by atoms with Gasteiger partial charge in [0.1, 0.15) is 5.40 Å². The number of thioether (sulfide) groups is 1. The summed E-state index contributed by atoms with van der Waals surface area (Å²) < 4.78 is 27.8. The van der Waals surface area contributed by atoms with Crippen molar-refractivity contribution in [3.63, 3.8) is 0 Å². The van der Waals surface area contributed by atoms with E-state index in [0.717, 1.165) is 27.8 Å². The molecule has 2 rings (SSSR count). The Kier molecular flexibility index (Phi) is 5.72. The van der Waals surface area contributed by atoms with Crippen LogP contribution in [0, 0.1) is 24.5 Å². The van der Waals surface area contributed by atoms with Crippen LogP contribution in [0.4, 0.5) is 11.4 Å². The lowest BCUT2D eigenvalue weighted by Gasteiger charge is -2.14. The lowest BCUT2D eigenvalue weighted by atomic mass is 10.1. The van der Waals surface area contributed by atoms with E-state index in [-0.39, 0.29) is 10.8 Å². The molecule has 0 fully saturated rings. The van der Waals surface area contributed by atoms with Gasteiger partial charge in [-0.25, -0.2) is 8.42 Å². The third-order valence-electron chi connectivity index (χ3n) is 3.39. The molecule has 130 valence electrons. The zero-order valence-electron chi connectivity index (χ0n) is 14.0. The fourth-order valence-corrected chi connectivity index (χ4v) is 4.09. The van der Waals surface area contributed by atoms with Crippen LogP contribution in [0.3, 0.4) is 0 Å². The van der Waals surface area contributed by atoms with Gasteiger partial charge in [0.15, 0.2) is 0 Å². The summed E-state index contributed by atoms with van der Waals surface area (Å²) in [6, 6.07) is 9.44. The summed E-state index contributed by atoms with van der Waals surface area (Å²) in [6.07, 6.45) is 0. The standard InChI is InChI=1S/C17H17N3O3S2/c1-11-8-15(24-10-18)9-12(2)17(11)20-25(22,23)16-6-4-14(5-7-16)19-13(3)21/h4-9,20H,1-3H3,(H,19,21). The minimum atomic E-state index is -3.76. The van der Waals surface area contributed by atoms with Gasteiger partial charge in [-0.2, -0.15) is 5.26 Å². The zero-order valence-corrected chi connectivity index (χ0v) is 15.6. The number of rotatable bonds is 5. The summed E-state index contributed by atoms with van der Waals surface area (Å²) in [5, 5.41) is 13.3. The second-order valence-electron chi connectivity index (χ2n) is 5.44. The van der Waals surface area contributed by atoms with Crippen molar-refractivity contribution in [1.82, 2.24) is 0 Å². The van der Waals surface area contributed by atoms with Crippen LogP contribution in [-0.2, 0) is 14.8 Å². The number of anilines is 2. The molecule has 1 amide bonds. The van der Waals surface area contributed by atoms with Crippen molar-refractivity contribution >= 4 is 39.1 Å². The molecule has 0 bridgehead atoms. The highest BCUT2D eigenvalue weighted by Crippen LogP contribution is 2.29. The summed E-state index contributed by atoms with van der Waals surface area (Å²) in [7, 11) is -3.76. The van der Waals surface area contributed by atoms with E-state index in [9.17, 15) is 13.2 Å². The molecule has 8 heteroatoms. The van der Waals surface area contributed by atoms with E-state index >= 15 is 0 Å². The molecule has 0 aliphatic heterocycles. The Hall–Kier alpha value is -2.50. The lowest BCUT2D eigenvalue weighted by molar-refractivity contribution is -0.114. The lowest BCUT2D eigenvalue weighted by Crippen LogP contribution is -2.15. The minimum absolute atomic E-state index is 0.0934. The average Bonchev–Trinajstić information content (AvgIpc) is 2.51. The Morgan fingerprint density at radius 3 is 2.16 bits per heavy atom. The van der Waals surface area contributed by atoms with Crippen LogP contribution >= 0.6 is 11.8 Å². The molecule has 0 aromatic heterocycles. The number of benzene rings is 2. The van der Waals surface area contributed by atoms with Gasteiger partial charge in [-0.1, -0.05) is 0 Å². The molecule has 0 radical (unpaired) electrons. The highest BCUT2D eigenvalue weighted by molar-refractivity contribution is 8.03. The number of hydrogen-bond acceptors (Lipinski definition) is 5. The summed E-state index contributed by atoms with van der Waals surface area (Å²) in [5.74, 6) is -0.227. The number of carbonyl (C=O) groups excluding carboxylic acids is 1. The number of carbonyl (C=O) groups is 1. The second-order valence-corrected chi connectivity index (χ2v) is 7.98. The molecule has 0 saturated carbocycles. The Morgan fingerprint density at radius 2 is 1.68 bits per heavy atom. The van der Waals surface area contributed by atoms with E-state index in [4.69, 9.17) is 5.26 Å². The quantitative estimate of drug-likeness (QED) is 0.614. The van der Waals surface area contributed by atoms with Crippen molar-refractivity contribution in [1.29, 1.82) is 5.26 Å². The van der Waals surface area contributed by atoms with Gasteiger partial charge in [0.05, 0.1) is 10.6 Å². The smallest absolute Gasteiger partial charge is 0.261 e. The summed E-state index contributed by atoms with van der Waals surface area (Å²) in [6.45, 7) is 4.95. The average molecular weight is 375 g/mol. The largest absolute Gasteiger partial charge is 0.326 e. The normalized spacial score (nSPS) is 10.8. The molecule has 0 atom stereocenters. The fraction of sp³-hybridized carbons (Fsp3) is 0.176. The third kappa shape index (κ3) is 4.75. The van der Waals surface area contributed by atoms with E-state index in [1.807, 2.05) is 5.40 Å². The maximum atomic E-state index is 12.6. The number of aryl methyl sites for hydroxylation is 2. The van der Waals surface area contributed by atoms with Gasteiger partial charge in [-0.3, -0.25) is 9.52 Å². The molecule has 2 aromatic carbocycles. The molecular weight excluding hydrogens is 358 g/mol. The molecule has 0 unspecified atom stereocenters. The number of nitrogens with zero attached hydrogens (tertiary/aromatic N) is 1. The van der Waals surface area contributed by atoms with Crippen LogP contribution in [0.1, 0.15) is 18.1 Å².